The van der Waals surface area contributed by atoms with Crippen LogP contribution in [0, 0.1) is 13.8 Å². The third-order valence-corrected chi connectivity index (χ3v) is 7.93. The summed E-state index contributed by atoms with van der Waals surface area (Å²) >= 11 is 0. The molecular formula is C24H34N4O3S. The number of hydrogen-bond acceptors (Lipinski definition) is 5. The summed E-state index contributed by atoms with van der Waals surface area (Å²) in [5.41, 5.74) is 3.93. The minimum absolute atomic E-state index is 0.190. The van der Waals surface area contributed by atoms with Crippen LogP contribution in [0.25, 0.3) is 0 Å². The van der Waals surface area contributed by atoms with Crippen molar-refractivity contribution >= 4 is 27.3 Å². The molecule has 0 saturated carbocycles. The molecule has 2 aromatic carbocycles. The van der Waals surface area contributed by atoms with Crippen LogP contribution in [0.1, 0.15) is 35.3 Å². The predicted octanol–water partition coefficient (Wildman–Crippen LogP) is 3.34. The largest absolute Gasteiger partial charge is 0.367 e. The minimum atomic E-state index is -3.64. The maximum Gasteiger partial charge on any atom is 0.255 e. The molecule has 1 aliphatic rings. The maximum atomic E-state index is 13.1. The number of piperazine rings is 1. The summed E-state index contributed by atoms with van der Waals surface area (Å²) in [5, 5.41) is 3.00. The van der Waals surface area contributed by atoms with Gasteiger partial charge in [0.25, 0.3) is 5.91 Å². The molecule has 0 spiro atoms. The molecule has 0 radical (unpaired) electrons. The summed E-state index contributed by atoms with van der Waals surface area (Å²) in [6, 6.07) is 10.8. The second-order valence-corrected chi connectivity index (χ2v) is 10.3. The number of carbonyl (C=O) groups is 1. The van der Waals surface area contributed by atoms with E-state index in [1.165, 1.54) is 4.31 Å². The van der Waals surface area contributed by atoms with Crippen LogP contribution in [0.3, 0.4) is 0 Å². The zero-order valence-electron chi connectivity index (χ0n) is 19.7. The summed E-state index contributed by atoms with van der Waals surface area (Å²) in [6.45, 7) is 11.8. The standard InChI is InChI=1S/C24H34N4O3S/c1-6-28(7-2)32(30,31)21-8-9-23(27-12-10-26(5)11-13-27)22(17-21)25-24(29)20-15-18(3)14-19(4)16-20/h8-9,14-17H,6-7,10-13H2,1-5H3,(H,25,29). The van der Waals surface area contributed by atoms with E-state index >= 15 is 0 Å². The van der Waals surface area contributed by atoms with Crippen molar-refractivity contribution in [1.82, 2.24) is 9.21 Å². The third-order valence-electron chi connectivity index (χ3n) is 5.89. The van der Waals surface area contributed by atoms with Gasteiger partial charge in [-0.05, 0) is 51.2 Å². The number of hydrogen-bond donors (Lipinski definition) is 1. The lowest BCUT2D eigenvalue weighted by molar-refractivity contribution is 0.102. The number of rotatable bonds is 7. The smallest absolute Gasteiger partial charge is 0.255 e. The number of anilines is 2. The van der Waals surface area contributed by atoms with Gasteiger partial charge in [0.15, 0.2) is 0 Å². The quantitative estimate of drug-likeness (QED) is 0.689. The molecule has 0 atom stereocenters. The van der Waals surface area contributed by atoms with Crippen molar-refractivity contribution in [3.05, 3.63) is 53.1 Å². The van der Waals surface area contributed by atoms with Crippen molar-refractivity contribution < 1.29 is 13.2 Å². The average molecular weight is 459 g/mol. The van der Waals surface area contributed by atoms with Gasteiger partial charge < -0.3 is 15.1 Å². The lowest BCUT2D eigenvalue weighted by Crippen LogP contribution is -2.44. The van der Waals surface area contributed by atoms with E-state index in [1.807, 2.05) is 52.0 Å². The predicted molar refractivity (Wildman–Crippen MR) is 130 cm³/mol. The van der Waals surface area contributed by atoms with Gasteiger partial charge in [0.2, 0.25) is 10.0 Å². The van der Waals surface area contributed by atoms with Gasteiger partial charge in [-0.25, -0.2) is 8.42 Å². The molecule has 1 aliphatic heterocycles. The Bertz CT molecular complexity index is 1050. The Balaban J connectivity index is 2.02. The van der Waals surface area contributed by atoms with E-state index in [4.69, 9.17) is 0 Å². The van der Waals surface area contributed by atoms with Crippen molar-refractivity contribution in [3.63, 3.8) is 0 Å². The summed E-state index contributed by atoms with van der Waals surface area (Å²) in [7, 11) is -1.56. The number of carbonyl (C=O) groups excluding carboxylic acids is 1. The van der Waals surface area contributed by atoms with E-state index in [2.05, 4.69) is 22.2 Å². The molecule has 0 aromatic heterocycles. The lowest BCUT2D eigenvalue weighted by atomic mass is 10.1. The third kappa shape index (κ3) is 5.31. The molecule has 1 saturated heterocycles. The minimum Gasteiger partial charge on any atom is -0.367 e. The van der Waals surface area contributed by atoms with Crippen LogP contribution in [-0.2, 0) is 10.0 Å². The number of nitrogens with zero attached hydrogens (tertiary/aromatic N) is 3. The summed E-state index contributed by atoms with van der Waals surface area (Å²) < 4.78 is 27.7. The monoisotopic (exact) mass is 458 g/mol. The molecule has 7 nitrogen and oxygen atoms in total. The van der Waals surface area contributed by atoms with Gasteiger partial charge in [-0.1, -0.05) is 31.0 Å². The number of sulfonamides is 1. The Morgan fingerprint density at radius 1 is 0.969 bits per heavy atom. The molecule has 174 valence electrons. The first-order valence-corrected chi connectivity index (χ1v) is 12.6. The van der Waals surface area contributed by atoms with Crippen LogP contribution in [0.15, 0.2) is 41.3 Å². The number of aryl methyl sites for hydroxylation is 2. The Morgan fingerprint density at radius 2 is 1.56 bits per heavy atom. The summed E-state index contributed by atoms with van der Waals surface area (Å²) in [4.78, 5) is 17.8. The van der Waals surface area contributed by atoms with Crippen LogP contribution in [0.2, 0.25) is 0 Å². The maximum absolute atomic E-state index is 13.1. The van der Waals surface area contributed by atoms with Gasteiger partial charge in [-0.15, -0.1) is 0 Å². The van der Waals surface area contributed by atoms with E-state index in [9.17, 15) is 13.2 Å². The van der Waals surface area contributed by atoms with Gasteiger partial charge in [0.1, 0.15) is 0 Å². The van der Waals surface area contributed by atoms with Crippen LogP contribution in [0.4, 0.5) is 11.4 Å². The lowest BCUT2D eigenvalue weighted by Gasteiger charge is -2.35. The van der Waals surface area contributed by atoms with E-state index in [0.717, 1.165) is 43.0 Å². The zero-order chi connectivity index (χ0) is 23.5. The Labute approximate surface area is 192 Å². The van der Waals surface area contributed by atoms with Gasteiger partial charge in [-0.3, -0.25) is 4.79 Å². The Morgan fingerprint density at radius 3 is 2.12 bits per heavy atom. The van der Waals surface area contributed by atoms with E-state index < -0.39 is 10.0 Å². The molecule has 3 rings (SSSR count). The first kappa shape index (κ1) is 24.2. The van der Waals surface area contributed by atoms with Crippen LogP contribution in [0.5, 0.6) is 0 Å². The molecule has 1 N–H and O–H groups in total. The van der Waals surface area contributed by atoms with Crippen molar-refractivity contribution in [3.8, 4) is 0 Å². The first-order chi connectivity index (χ1) is 15.1. The number of nitrogens with one attached hydrogen (secondary N) is 1. The van der Waals surface area contributed by atoms with Crippen LogP contribution < -0.4 is 10.2 Å². The highest BCUT2D eigenvalue weighted by atomic mass is 32.2. The molecule has 0 unspecified atom stereocenters. The molecule has 0 bridgehead atoms. The van der Waals surface area contributed by atoms with Crippen molar-refractivity contribution in [1.29, 1.82) is 0 Å². The van der Waals surface area contributed by atoms with Gasteiger partial charge in [0.05, 0.1) is 16.3 Å². The molecular weight excluding hydrogens is 424 g/mol. The molecule has 8 heteroatoms. The van der Waals surface area contributed by atoms with Gasteiger partial charge in [0, 0.05) is 44.8 Å². The molecule has 1 amide bonds. The second-order valence-electron chi connectivity index (χ2n) is 8.39. The normalized spacial score (nSPS) is 15.2. The highest BCUT2D eigenvalue weighted by Crippen LogP contribution is 2.31. The molecule has 32 heavy (non-hydrogen) atoms. The topological polar surface area (TPSA) is 73.0 Å². The second kappa shape index (κ2) is 10.0. The fourth-order valence-electron chi connectivity index (χ4n) is 4.11. The fourth-order valence-corrected chi connectivity index (χ4v) is 5.60. The number of benzene rings is 2. The molecule has 0 aliphatic carbocycles. The number of amides is 1. The van der Waals surface area contributed by atoms with Gasteiger partial charge >= 0.3 is 0 Å². The van der Waals surface area contributed by atoms with Crippen molar-refractivity contribution in [2.24, 2.45) is 0 Å². The van der Waals surface area contributed by atoms with Crippen molar-refractivity contribution in [2.45, 2.75) is 32.6 Å². The van der Waals surface area contributed by atoms with Crippen molar-refractivity contribution in [2.75, 3.05) is 56.5 Å². The van der Waals surface area contributed by atoms with Crippen LogP contribution in [-0.4, -0.2) is 69.8 Å². The van der Waals surface area contributed by atoms with Crippen LogP contribution >= 0.6 is 0 Å². The molecule has 1 fully saturated rings. The highest BCUT2D eigenvalue weighted by molar-refractivity contribution is 7.89. The Kier molecular flexibility index (Phi) is 7.59. The van der Waals surface area contributed by atoms with E-state index in [-0.39, 0.29) is 10.8 Å². The SMILES string of the molecule is CCN(CC)S(=O)(=O)c1ccc(N2CCN(C)CC2)c(NC(=O)c2cc(C)cc(C)c2)c1. The van der Waals surface area contributed by atoms with E-state index in [1.54, 1.807) is 12.1 Å². The average Bonchev–Trinajstić information content (AvgIpc) is 2.74. The summed E-state index contributed by atoms with van der Waals surface area (Å²) in [5.74, 6) is -0.246. The highest BCUT2D eigenvalue weighted by Gasteiger charge is 2.25. The first-order valence-electron chi connectivity index (χ1n) is 11.1. The summed E-state index contributed by atoms with van der Waals surface area (Å²) in [6.07, 6.45) is 0. The fraction of sp³-hybridized carbons (Fsp3) is 0.458. The Hall–Kier alpha value is -2.42. The zero-order valence-corrected chi connectivity index (χ0v) is 20.5. The number of likely N-dealkylation sites (N-methyl/N-ethyl adjacent to an activating group) is 1. The molecule has 2 aromatic rings. The van der Waals surface area contributed by atoms with E-state index in [0.29, 0.717) is 24.3 Å². The molecule has 1 heterocycles. The van der Waals surface area contributed by atoms with Gasteiger partial charge in [-0.2, -0.15) is 4.31 Å².